The molecule has 2 aromatic carbocycles. The number of carboxylic acid groups (broad SMARTS) is 1. The average molecular weight is 369 g/mol. The molecule has 6 heteroatoms. The quantitative estimate of drug-likeness (QED) is 0.573. The van der Waals surface area contributed by atoms with E-state index in [1.165, 1.54) is 22.6 Å². The molecule has 1 N–H and O–H groups in total. The van der Waals surface area contributed by atoms with Gasteiger partial charge in [-0.2, -0.15) is 0 Å². The van der Waals surface area contributed by atoms with Crippen molar-refractivity contribution in [2.45, 2.75) is 25.3 Å². The first-order chi connectivity index (χ1) is 12.9. The van der Waals surface area contributed by atoms with E-state index in [9.17, 15) is 18.8 Å². The minimum atomic E-state index is -1.61. The van der Waals surface area contributed by atoms with Crippen LogP contribution in [0.15, 0.2) is 54.6 Å². The van der Waals surface area contributed by atoms with Crippen molar-refractivity contribution in [3.05, 3.63) is 71.5 Å². The number of carbonyl (C=O) groups is 3. The van der Waals surface area contributed by atoms with Gasteiger partial charge in [-0.05, 0) is 41.5 Å². The Kier molecular flexibility index (Phi) is 5.64. The van der Waals surface area contributed by atoms with Crippen molar-refractivity contribution < 1.29 is 23.9 Å². The monoisotopic (exact) mass is 369 g/mol. The zero-order valence-corrected chi connectivity index (χ0v) is 14.7. The standard InChI is InChI=1S/C21H20FNO4/c22-17-8-6-14(7-9-17)12-23(20(25)11-19(24)21(26)27)13-16-10-18(16)15-4-2-1-3-5-15/h1-9,16,18H,10-13H2,(H,26,27)/t16-,18?/m1/s1. The summed E-state index contributed by atoms with van der Waals surface area (Å²) in [5, 5.41) is 8.76. The number of benzene rings is 2. The molecular weight excluding hydrogens is 349 g/mol. The van der Waals surface area contributed by atoms with E-state index < -0.39 is 24.1 Å². The highest BCUT2D eigenvalue weighted by atomic mass is 19.1. The van der Waals surface area contributed by atoms with Crippen LogP contribution in [0.2, 0.25) is 0 Å². The lowest BCUT2D eigenvalue weighted by Gasteiger charge is -2.23. The van der Waals surface area contributed by atoms with E-state index in [0.717, 1.165) is 12.0 Å². The molecule has 0 spiro atoms. The third kappa shape index (κ3) is 5.00. The molecule has 1 aliphatic carbocycles. The van der Waals surface area contributed by atoms with Crippen LogP contribution in [-0.2, 0) is 20.9 Å². The average Bonchev–Trinajstić information content (AvgIpc) is 3.42. The molecule has 3 rings (SSSR count). The highest BCUT2D eigenvalue weighted by Gasteiger charge is 2.40. The Labute approximate surface area is 156 Å². The molecule has 0 saturated heterocycles. The minimum Gasteiger partial charge on any atom is -0.475 e. The van der Waals surface area contributed by atoms with Crippen molar-refractivity contribution >= 4 is 17.7 Å². The van der Waals surface area contributed by atoms with Crippen LogP contribution < -0.4 is 0 Å². The van der Waals surface area contributed by atoms with Crippen molar-refractivity contribution in [1.82, 2.24) is 4.90 Å². The lowest BCUT2D eigenvalue weighted by Crippen LogP contribution is -2.35. The molecule has 27 heavy (non-hydrogen) atoms. The van der Waals surface area contributed by atoms with Gasteiger partial charge in [0, 0.05) is 13.1 Å². The molecule has 0 heterocycles. The van der Waals surface area contributed by atoms with Crippen molar-refractivity contribution in [3.8, 4) is 0 Å². The molecular formula is C21H20FNO4. The molecule has 5 nitrogen and oxygen atoms in total. The molecule has 2 atom stereocenters. The third-order valence-corrected chi connectivity index (χ3v) is 4.79. The molecule has 140 valence electrons. The van der Waals surface area contributed by atoms with Gasteiger partial charge in [0.05, 0.1) is 6.42 Å². The predicted molar refractivity (Wildman–Crippen MR) is 96.4 cm³/mol. The SMILES string of the molecule is O=C(O)C(=O)CC(=O)N(Cc1ccc(F)cc1)C[C@H]1CC1c1ccccc1. The molecule has 1 amide bonds. The first kappa shape index (κ1) is 18.8. The van der Waals surface area contributed by atoms with Crippen LogP contribution in [-0.4, -0.2) is 34.2 Å². The summed E-state index contributed by atoms with van der Waals surface area (Å²) in [5.41, 5.74) is 1.93. The highest BCUT2D eigenvalue weighted by molar-refractivity contribution is 6.36. The van der Waals surface area contributed by atoms with Gasteiger partial charge in [-0.15, -0.1) is 0 Å². The molecule has 0 radical (unpaired) electrons. The Morgan fingerprint density at radius 2 is 1.70 bits per heavy atom. The van der Waals surface area contributed by atoms with Gasteiger partial charge < -0.3 is 10.0 Å². The Morgan fingerprint density at radius 3 is 2.33 bits per heavy atom. The van der Waals surface area contributed by atoms with Crippen LogP contribution in [0.25, 0.3) is 0 Å². The maximum absolute atomic E-state index is 13.1. The summed E-state index contributed by atoms with van der Waals surface area (Å²) < 4.78 is 13.1. The first-order valence-corrected chi connectivity index (χ1v) is 8.77. The summed E-state index contributed by atoms with van der Waals surface area (Å²) in [6.45, 7) is 0.646. The van der Waals surface area contributed by atoms with Gasteiger partial charge in [0.25, 0.3) is 0 Å². The second-order valence-electron chi connectivity index (χ2n) is 6.82. The van der Waals surface area contributed by atoms with Crippen LogP contribution in [0, 0.1) is 11.7 Å². The van der Waals surface area contributed by atoms with Crippen molar-refractivity contribution in [3.63, 3.8) is 0 Å². The van der Waals surface area contributed by atoms with Crippen molar-refractivity contribution in [2.24, 2.45) is 5.92 Å². The Balaban J connectivity index is 1.69. The van der Waals surface area contributed by atoms with Crippen LogP contribution >= 0.6 is 0 Å². The second-order valence-corrected chi connectivity index (χ2v) is 6.82. The summed E-state index contributed by atoms with van der Waals surface area (Å²) in [7, 11) is 0. The molecule has 2 aromatic rings. The van der Waals surface area contributed by atoms with E-state index in [-0.39, 0.29) is 18.3 Å². The number of amides is 1. The number of ketones is 1. The largest absolute Gasteiger partial charge is 0.475 e. The van der Waals surface area contributed by atoms with E-state index in [0.29, 0.717) is 12.5 Å². The Bertz CT molecular complexity index is 835. The molecule has 1 aliphatic rings. The third-order valence-electron chi connectivity index (χ3n) is 4.79. The minimum absolute atomic E-state index is 0.212. The zero-order valence-electron chi connectivity index (χ0n) is 14.7. The van der Waals surface area contributed by atoms with E-state index >= 15 is 0 Å². The van der Waals surface area contributed by atoms with E-state index in [1.54, 1.807) is 12.1 Å². The number of halogens is 1. The fraction of sp³-hybridized carbons (Fsp3) is 0.286. The van der Waals surface area contributed by atoms with E-state index in [4.69, 9.17) is 5.11 Å². The fourth-order valence-electron chi connectivity index (χ4n) is 3.23. The summed E-state index contributed by atoms with van der Waals surface area (Å²) >= 11 is 0. The van der Waals surface area contributed by atoms with Gasteiger partial charge in [0.15, 0.2) is 0 Å². The second kappa shape index (κ2) is 8.12. The molecule has 0 bridgehead atoms. The number of hydrogen-bond acceptors (Lipinski definition) is 3. The number of carboxylic acids is 1. The Hall–Kier alpha value is -3.02. The Morgan fingerprint density at radius 1 is 1.04 bits per heavy atom. The number of nitrogens with zero attached hydrogens (tertiary/aromatic N) is 1. The topological polar surface area (TPSA) is 74.7 Å². The summed E-state index contributed by atoms with van der Waals surface area (Å²) in [4.78, 5) is 36.2. The normalized spacial score (nSPS) is 18.0. The number of carbonyl (C=O) groups excluding carboxylic acids is 2. The molecule has 1 unspecified atom stereocenters. The van der Waals surface area contributed by atoms with Crippen LogP contribution in [0.5, 0.6) is 0 Å². The molecule has 1 saturated carbocycles. The fourth-order valence-corrected chi connectivity index (χ4v) is 3.23. The molecule has 1 fully saturated rings. The van der Waals surface area contributed by atoms with Gasteiger partial charge in [-0.1, -0.05) is 42.5 Å². The number of hydrogen-bond donors (Lipinski definition) is 1. The van der Waals surface area contributed by atoms with Crippen molar-refractivity contribution in [1.29, 1.82) is 0 Å². The number of Topliss-reactive ketones (excluding diaryl/α,β-unsaturated/α-hetero) is 1. The zero-order chi connectivity index (χ0) is 19.4. The maximum Gasteiger partial charge on any atom is 0.372 e. The summed E-state index contributed by atoms with van der Waals surface area (Å²) in [6.07, 6.45) is 0.267. The van der Waals surface area contributed by atoms with Gasteiger partial charge in [0.1, 0.15) is 5.82 Å². The maximum atomic E-state index is 13.1. The van der Waals surface area contributed by atoms with Crippen molar-refractivity contribution in [2.75, 3.05) is 6.54 Å². The summed E-state index contributed by atoms with van der Waals surface area (Å²) in [6, 6.07) is 15.8. The van der Waals surface area contributed by atoms with Gasteiger partial charge in [0.2, 0.25) is 11.7 Å². The number of rotatable bonds is 8. The summed E-state index contributed by atoms with van der Waals surface area (Å²) in [5.74, 6) is -3.02. The van der Waals surface area contributed by atoms with Crippen LogP contribution in [0.4, 0.5) is 4.39 Å². The van der Waals surface area contributed by atoms with Crippen LogP contribution in [0.3, 0.4) is 0 Å². The first-order valence-electron chi connectivity index (χ1n) is 8.77. The molecule has 0 aliphatic heterocycles. The molecule has 0 aromatic heterocycles. The lowest BCUT2D eigenvalue weighted by molar-refractivity contribution is -0.151. The lowest BCUT2D eigenvalue weighted by atomic mass is 10.1. The smallest absolute Gasteiger partial charge is 0.372 e. The predicted octanol–water partition coefficient (Wildman–Crippen LogP) is 3.00. The highest BCUT2D eigenvalue weighted by Crippen LogP contribution is 2.47. The van der Waals surface area contributed by atoms with Gasteiger partial charge in [-0.3, -0.25) is 9.59 Å². The van der Waals surface area contributed by atoms with Gasteiger partial charge >= 0.3 is 5.97 Å². The van der Waals surface area contributed by atoms with E-state index in [1.807, 2.05) is 30.3 Å². The van der Waals surface area contributed by atoms with Crippen LogP contribution in [0.1, 0.15) is 29.9 Å². The number of aliphatic carboxylic acids is 1. The van der Waals surface area contributed by atoms with Gasteiger partial charge in [-0.25, -0.2) is 9.18 Å². The van der Waals surface area contributed by atoms with E-state index in [2.05, 4.69) is 0 Å².